The van der Waals surface area contributed by atoms with Crippen LogP contribution in [0.2, 0.25) is 0 Å². The van der Waals surface area contributed by atoms with Gasteiger partial charge in [-0.25, -0.2) is 9.97 Å². The summed E-state index contributed by atoms with van der Waals surface area (Å²) in [7, 11) is 2.05. The van der Waals surface area contributed by atoms with Crippen LogP contribution in [0.1, 0.15) is 11.4 Å². The quantitative estimate of drug-likeness (QED) is 0.652. The van der Waals surface area contributed by atoms with Crippen molar-refractivity contribution in [3.63, 3.8) is 0 Å². The van der Waals surface area contributed by atoms with Crippen LogP contribution in [0.4, 0.5) is 11.6 Å². The molecule has 1 aromatic heterocycles. The number of anilines is 2. The third kappa shape index (κ3) is 1.39. The first kappa shape index (κ1) is 9.21. The molecule has 1 aliphatic rings. The number of nitrogens with one attached hydrogen (secondary N) is 1. The zero-order valence-electron chi connectivity index (χ0n) is 8.54. The van der Waals surface area contributed by atoms with Crippen molar-refractivity contribution in [3.8, 4) is 0 Å². The minimum absolute atomic E-state index is 0.409. The average Bonchev–Trinajstić information content (AvgIpc) is 2.49. The maximum atomic E-state index is 5.45. The monoisotopic (exact) mass is 193 g/mol. The zero-order valence-corrected chi connectivity index (χ0v) is 8.54. The number of likely N-dealkylation sites (N-methyl/N-ethyl adjacent to an activating group) is 1. The number of aromatic nitrogens is 2. The average molecular weight is 193 g/mol. The molecule has 14 heavy (non-hydrogen) atoms. The Morgan fingerprint density at radius 2 is 2.29 bits per heavy atom. The number of nitrogens with two attached hydrogens (primary N) is 1. The fourth-order valence-electron chi connectivity index (χ4n) is 1.76. The second-order valence-electron chi connectivity index (χ2n) is 3.47. The largest absolute Gasteiger partial charge is 0.359 e. The number of nitrogens with zero attached hydrogens (tertiary/aromatic N) is 3. The Kier molecular flexibility index (Phi) is 2.25. The Morgan fingerprint density at radius 1 is 1.50 bits per heavy atom. The highest BCUT2D eigenvalue weighted by Crippen LogP contribution is 2.29. The highest BCUT2D eigenvalue weighted by Gasteiger charge is 2.21. The molecule has 1 aliphatic heterocycles. The minimum atomic E-state index is 0.409. The maximum Gasteiger partial charge on any atom is 0.137 e. The summed E-state index contributed by atoms with van der Waals surface area (Å²) in [5, 5.41) is 3.07. The lowest BCUT2D eigenvalue weighted by Crippen LogP contribution is -2.16. The molecule has 5 nitrogen and oxygen atoms in total. The van der Waals surface area contributed by atoms with Gasteiger partial charge < -0.3 is 16.0 Å². The number of rotatable bonds is 2. The molecule has 0 spiro atoms. The molecular formula is C9H15N5. The third-order valence-corrected chi connectivity index (χ3v) is 2.43. The van der Waals surface area contributed by atoms with Gasteiger partial charge in [0.15, 0.2) is 0 Å². The van der Waals surface area contributed by atoms with Gasteiger partial charge >= 0.3 is 0 Å². The molecule has 0 aliphatic carbocycles. The maximum absolute atomic E-state index is 5.45. The van der Waals surface area contributed by atoms with Crippen molar-refractivity contribution in [2.75, 3.05) is 30.5 Å². The number of hydrogen-bond donors (Lipinski definition) is 2. The summed E-state index contributed by atoms with van der Waals surface area (Å²) >= 11 is 0. The first-order valence-corrected chi connectivity index (χ1v) is 4.75. The van der Waals surface area contributed by atoms with Gasteiger partial charge in [-0.15, -0.1) is 0 Å². The zero-order chi connectivity index (χ0) is 10.1. The van der Waals surface area contributed by atoms with Gasteiger partial charge in [-0.05, 0) is 13.3 Å². The van der Waals surface area contributed by atoms with Crippen molar-refractivity contribution < 1.29 is 0 Å². The van der Waals surface area contributed by atoms with Crippen molar-refractivity contribution in [2.24, 2.45) is 5.73 Å². The van der Waals surface area contributed by atoms with E-state index in [1.165, 1.54) is 5.56 Å². The van der Waals surface area contributed by atoms with Gasteiger partial charge in [0.05, 0.1) is 6.67 Å². The first-order chi connectivity index (χ1) is 6.72. The Morgan fingerprint density at radius 3 is 3.00 bits per heavy atom. The van der Waals surface area contributed by atoms with Gasteiger partial charge in [0, 0.05) is 19.2 Å². The topological polar surface area (TPSA) is 67.1 Å². The van der Waals surface area contributed by atoms with Crippen LogP contribution in [-0.4, -0.2) is 30.2 Å². The second kappa shape index (κ2) is 3.42. The molecule has 0 aromatic carbocycles. The molecule has 0 unspecified atom stereocenters. The summed E-state index contributed by atoms with van der Waals surface area (Å²) in [4.78, 5) is 10.9. The van der Waals surface area contributed by atoms with E-state index in [4.69, 9.17) is 5.73 Å². The van der Waals surface area contributed by atoms with Crippen LogP contribution in [0, 0.1) is 6.92 Å². The standard InChI is InChI=1S/C9H15N5/c1-6-12-8(11-5-10)7-3-4-14(2)9(7)13-6/h3-5,10H2,1-2H3,(H,11,12,13). The summed E-state index contributed by atoms with van der Waals surface area (Å²) in [5.74, 6) is 2.71. The molecule has 0 saturated carbocycles. The van der Waals surface area contributed by atoms with Gasteiger partial charge in [-0.3, -0.25) is 0 Å². The van der Waals surface area contributed by atoms with Gasteiger partial charge in [0.25, 0.3) is 0 Å². The molecule has 0 amide bonds. The summed E-state index contributed by atoms with van der Waals surface area (Å²) in [5.41, 5.74) is 6.64. The molecule has 76 valence electrons. The first-order valence-electron chi connectivity index (χ1n) is 4.75. The number of fused-ring (bicyclic) bond motifs is 1. The van der Waals surface area contributed by atoms with Crippen molar-refractivity contribution >= 4 is 11.6 Å². The lowest BCUT2D eigenvalue weighted by atomic mass is 10.2. The summed E-state index contributed by atoms with van der Waals surface area (Å²) in [6.45, 7) is 3.31. The lowest BCUT2D eigenvalue weighted by molar-refractivity contribution is 0.941. The van der Waals surface area contributed by atoms with Crippen molar-refractivity contribution in [1.29, 1.82) is 0 Å². The molecule has 2 rings (SSSR count). The Labute approximate surface area is 83.3 Å². The Balaban J connectivity index is 2.46. The van der Waals surface area contributed by atoms with Crippen LogP contribution >= 0.6 is 0 Å². The number of hydrogen-bond acceptors (Lipinski definition) is 5. The fraction of sp³-hybridized carbons (Fsp3) is 0.556. The van der Waals surface area contributed by atoms with Crippen molar-refractivity contribution in [3.05, 3.63) is 11.4 Å². The van der Waals surface area contributed by atoms with Crippen LogP contribution in [0.15, 0.2) is 0 Å². The number of aryl methyl sites for hydroxylation is 1. The van der Waals surface area contributed by atoms with Crippen LogP contribution in [0.25, 0.3) is 0 Å². The van der Waals surface area contributed by atoms with Crippen molar-refractivity contribution in [2.45, 2.75) is 13.3 Å². The lowest BCUT2D eigenvalue weighted by Gasteiger charge is -2.12. The highest BCUT2D eigenvalue weighted by atomic mass is 15.2. The summed E-state index contributed by atoms with van der Waals surface area (Å²) in [6, 6.07) is 0. The highest BCUT2D eigenvalue weighted by molar-refractivity contribution is 5.62. The SMILES string of the molecule is Cc1nc(NCN)c2c(n1)N(C)CC2. The van der Waals surface area contributed by atoms with Gasteiger partial charge in [0.1, 0.15) is 17.5 Å². The second-order valence-corrected chi connectivity index (χ2v) is 3.47. The molecule has 3 N–H and O–H groups in total. The molecule has 0 bridgehead atoms. The molecule has 0 saturated heterocycles. The van der Waals surface area contributed by atoms with Gasteiger partial charge in [-0.2, -0.15) is 0 Å². The van der Waals surface area contributed by atoms with Crippen LogP contribution in [-0.2, 0) is 6.42 Å². The van der Waals surface area contributed by atoms with E-state index in [2.05, 4.69) is 20.2 Å². The van der Waals surface area contributed by atoms with E-state index in [0.29, 0.717) is 6.67 Å². The smallest absolute Gasteiger partial charge is 0.137 e. The molecule has 0 fully saturated rings. The normalized spacial score (nSPS) is 14.4. The van der Waals surface area contributed by atoms with E-state index in [0.717, 1.165) is 30.4 Å². The molecular weight excluding hydrogens is 178 g/mol. The van der Waals surface area contributed by atoms with Crippen molar-refractivity contribution in [1.82, 2.24) is 9.97 Å². The van der Waals surface area contributed by atoms with E-state index < -0.39 is 0 Å². The van der Waals surface area contributed by atoms with E-state index >= 15 is 0 Å². The van der Waals surface area contributed by atoms with Crippen LogP contribution < -0.4 is 16.0 Å². The van der Waals surface area contributed by atoms with Gasteiger partial charge in [-0.1, -0.05) is 0 Å². The molecule has 5 heteroatoms. The molecule has 0 radical (unpaired) electrons. The molecule has 1 aromatic rings. The van der Waals surface area contributed by atoms with E-state index in [1.807, 2.05) is 14.0 Å². The minimum Gasteiger partial charge on any atom is -0.359 e. The summed E-state index contributed by atoms with van der Waals surface area (Å²) < 4.78 is 0. The van der Waals surface area contributed by atoms with E-state index in [9.17, 15) is 0 Å². The van der Waals surface area contributed by atoms with Crippen LogP contribution in [0.3, 0.4) is 0 Å². The van der Waals surface area contributed by atoms with Gasteiger partial charge in [0.2, 0.25) is 0 Å². The van der Waals surface area contributed by atoms with E-state index in [1.54, 1.807) is 0 Å². The Bertz CT molecular complexity index is 349. The van der Waals surface area contributed by atoms with Crippen LogP contribution in [0.5, 0.6) is 0 Å². The fourth-order valence-corrected chi connectivity index (χ4v) is 1.76. The van der Waals surface area contributed by atoms with E-state index in [-0.39, 0.29) is 0 Å². The predicted molar refractivity (Wildman–Crippen MR) is 56.4 cm³/mol. The predicted octanol–water partition coefficient (Wildman–Crippen LogP) is 0.105. The molecule has 0 atom stereocenters. The summed E-state index contributed by atoms with van der Waals surface area (Å²) in [6.07, 6.45) is 0.994. The Hall–Kier alpha value is -1.36. The molecule has 2 heterocycles. The third-order valence-electron chi connectivity index (χ3n) is 2.43.